The third kappa shape index (κ3) is 3.49. The van der Waals surface area contributed by atoms with Crippen LogP contribution in [-0.4, -0.2) is 23.7 Å². The minimum Gasteiger partial charge on any atom is -0.483 e. The molecule has 1 unspecified atom stereocenters. The lowest BCUT2D eigenvalue weighted by Gasteiger charge is -2.15. The SMILES string of the molecule is CC(O)c1ccc2ccccc2c1OCC(=O)NC(N)=O. The molecule has 2 aromatic carbocycles. The Bertz CT molecular complexity index is 682. The van der Waals surface area contributed by atoms with Crippen molar-refractivity contribution in [1.29, 1.82) is 0 Å². The van der Waals surface area contributed by atoms with Crippen molar-refractivity contribution in [3.8, 4) is 5.75 Å². The van der Waals surface area contributed by atoms with Crippen molar-refractivity contribution < 1.29 is 19.4 Å². The van der Waals surface area contributed by atoms with E-state index in [0.29, 0.717) is 11.3 Å². The summed E-state index contributed by atoms with van der Waals surface area (Å²) in [6, 6.07) is 10.1. The molecular weight excluding hydrogens is 272 g/mol. The summed E-state index contributed by atoms with van der Waals surface area (Å²) in [5.41, 5.74) is 5.43. The highest BCUT2D eigenvalue weighted by molar-refractivity contribution is 5.95. The van der Waals surface area contributed by atoms with E-state index in [1.165, 1.54) is 0 Å². The molecule has 0 aromatic heterocycles. The van der Waals surface area contributed by atoms with Crippen LogP contribution in [0.1, 0.15) is 18.6 Å². The van der Waals surface area contributed by atoms with Crippen LogP contribution in [0.25, 0.3) is 10.8 Å². The number of hydrogen-bond donors (Lipinski definition) is 3. The molecule has 0 aliphatic carbocycles. The third-order valence-electron chi connectivity index (χ3n) is 2.97. The van der Waals surface area contributed by atoms with Crippen LogP contribution >= 0.6 is 0 Å². The second-order valence-corrected chi connectivity index (χ2v) is 4.58. The number of imide groups is 1. The molecule has 0 saturated heterocycles. The quantitative estimate of drug-likeness (QED) is 0.792. The average molecular weight is 288 g/mol. The Morgan fingerprint density at radius 1 is 1.29 bits per heavy atom. The molecule has 0 bridgehead atoms. The van der Waals surface area contributed by atoms with Crippen LogP contribution in [0, 0.1) is 0 Å². The smallest absolute Gasteiger partial charge is 0.318 e. The molecule has 0 aliphatic heterocycles. The molecular formula is C15H16N2O4. The van der Waals surface area contributed by atoms with Gasteiger partial charge < -0.3 is 15.6 Å². The number of hydrogen-bond acceptors (Lipinski definition) is 4. The second-order valence-electron chi connectivity index (χ2n) is 4.58. The Kier molecular flexibility index (Phi) is 4.39. The molecule has 2 rings (SSSR count). The first-order valence-electron chi connectivity index (χ1n) is 6.41. The Morgan fingerprint density at radius 3 is 2.67 bits per heavy atom. The lowest BCUT2D eigenvalue weighted by Crippen LogP contribution is -2.38. The summed E-state index contributed by atoms with van der Waals surface area (Å²) in [6.45, 7) is 1.25. The molecule has 0 aliphatic rings. The number of carbonyl (C=O) groups excluding carboxylic acids is 2. The normalized spacial score (nSPS) is 11.9. The predicted molar refractivity (Wildman–Crippen MR) is 77.8 cm³/mol. The molecule has 0 fully saturated rings. The predicted octanol–water partition coefficient (Wildman–Crippen LogP) is 1.47. The number of nitrogens with two attached hydrogens (primary N) is 1. The fraction of sp³-hybridized carbons (Fsp3) is 0.200. The van der Waals surface area contributed by atoms with Crippen LogP contribution in [0.15, 0.2) is 36.4 Å². The topological polar surface area (TPSA) is 102 Å². The van der Waals surface area contributed by atoms with E-state index in [2.05, 4.69) is 0 Å². The van der Waals surface area contributed by atoms with E-state index in [1.807, 2.05) is 35.6 Å². The van der Waals surface area contributed by atoms with E-state index >= 15 is 0 Å². The van der Waals surface area contributed by atoms with Crippen LogP contribution in [0.3, 0.4) is 0 Å². The zero-order valence-corrected chi connectivity index (χ0v) is 11.5. The van der Waals surface area contributed by atoms with Gasteiger partial charge >= 0.3 is 6.03 Å². The maximum absolute atomic E-state index is 11.4. The monoisotopic (exact) mass is 288 g/mol. The number of benzene rings is 2. The van der Waals surface area contributed by atoms with Gasteiger partial charge in [0.05, 0.1) is 6.10 Å². The molecule has 6 heteroatoms. The summed E-state index contributed by atoms with van der Waals surface area (Å²) in [5, 5.41) is 13.4. The number of fused-ring (bicyclic) bond motifs is 1. The highest BCUT2D eigenvalue weighted by atomic mass is 16.5. The van der Waals surface area contributed by atoms with Crippen molar-refractivity contribution in [2.75, 3.05) is 6.61 Å². The molecule has 1 atom stereocenters. The molecule has 3 amide bonds. The van der Waals surface area contributed by atoms with Gasteiger partial charge in [-0.3, -0.25) is 10.1 Å². The largest absolute Gasteiger partial charge is 0.483 e. The molecule has 0 radical (unpaired) electrons. The maximum Gasteiger partial charge on any atom is 0.318 e. The summed E-state index contributed by atoms with van der Waals surface area (Å²) >= 11 is 0. The van der Waals surface area contributed by atoms with E-state index in [1.54, 1.807) is 13.0 Å². The number of nitrogens with one attached hydrogen (secondary N) is 1. The number of carbonyl (C=O) groups is 2. The fourth-order valence-corrected chi connectivity index (χ4v) is 2.06. The Labute approximate surface area is 121 Å². The van der Waals surface area contributed by atoms with Gasteiger partial charge in [0.25, 0.3) is 5.91 Å². The molecule has 6 nitrogen and oxygen atoms in total. The number of urea groups is 1. The highest BCUT2D eigenvalue weighted by Crippen LogP contribution is 2.33. The van der Waals surface area contributed by atoms with Crippen LogP contribution in [-0.2, 0) is 4.79 Å². The Morgan fingerprint density at radius 2 is 2.00 bits per heavy atom. The van der Waals surface area contributed by atoms with Gasteiger partial charge in [0, 0.05) is 10.9 Å². The number of amides is 3. The second kappa shape index (κ2) is 6.23. The van der Waals surface area contributed by atoms with Gasteiger partial charge in [0.15, 0.2) is 6.61 Å². The van der Waals surface area contributed by atoms with E-state index in [9.17, 15) is 14.7 Å². The first-order chi connectivity index (χ1) is 9.99. The van der Waals surface area contributed by atoms with Gasteiger partial charge in [-0.15, -0.1) is 0 Å². The van der Waals surface area contributed by atoms with Crippen LogP contribution < -0.4 is 15.8 Å². The summed E-state index contributed by atoms with van der Waals surface area (Å²) < 4.78 is 5.49. The van der Waals surface area contributed by atoms with E-state index < -0.39 is 18.0 Å². The lowest BCUT2D eigenvalue weighted by atomic mass is 10.0. The molecule has 110 valence electrons. The number of primary amides is 1. The van der Waals surface area contributed by atoms with Crippen molar-refractivity contribution >= 4 is 22.7 Å². The van der Waals surface area contributed by atoms with Gasteiger partial charge in [-0.2, -0.15) is 0 Å². The molecule has 21 heavy (non-hydrogen) atoms. The number of aliphatic hydroxyl groups is 1. The zero-order valence-electron chi connectivity index (χ0n) is 11.5. The van der Waals surface area contributed by atoms with E-state index in [-0.39, 0.29) is 6.61 Å². The standard InChI is InChI=1S/C15H16N2O4/c1-9(18)11-7-6-10-4-2-3-5-12(10)14(11)21-8-13(19)17-15(16)20/h2-7,9,18H,8H2,1H3,(H3,16,17,19,20). The zero-order chi connectivity index (χ0) is 15.4. The summed E-state index contributed by atoms with van der Waals surface area (Å²) in [5.74, 6) is -0.227. The summed E-state index contributed by atoms with van der Waals surface area (Å²) in [6.07, 6.45) is -0.746. The number of ether oxygens (including phenoxy) is 1. The fourth-order valence-electron chi connectivity index (χ4n) is 2.06. The molecule has 2 aromatic rings. The molecule has 0 heterocycles. The van der Waals surface area contributed by atoms with E-state index in [0.717, 1.165) is 10.8 Å². The lowest BCUT2D eigenvalue weighted by molar-refractivity contribution is -0.121. The first-order valence-corrected chi connectivity index (χ1v) is 6.41. The minimum absolute atomic E-state index is 0.364. The van der Waals surface area contributed by atoms with Crippen LogP contribution in [0.4, 0.5) is 4.79 Å². The van der Waals surface area contributed by atoms with Gasteiger partial charge in [0.2, 0.25) is 0 Å². The first kappa shape index (κ1) is 14.8. The van der Waals surface area contributed by atoms with Gasteiger partial charge in [0.1, 0.15) is 5.75 Å². The van der Waals surface area contributed by atoms with E-state index in [4.69, 9.17) is 10.5 Å². The Hall–Kier alpha value is -2.60. The minimum atomic E-state index is -0.933. The number of rotatable bonds is 4. The van der Waals surface area contributed by atoms with Crippen molar-refractivity contribution in [2.45, 2.75) is 13.0 Å². The maximum atomic E-state index is 11.4. The van der Waals surface area contributed by atoms with Crippen LogP contribution in [0.5, 0.6) is 5.75 Å². The van der Waals surface area contributed by atoms with Crippen molar-refractivity contribution in [2.24, 2.45) is 5.73 Å². The van der Waals surface area contributed by atoms with Crippen LogP contribution in [0.2, 0.25) is 0 Å². The average Bonchev–Trinajstić information content (AvgIpc) is 2.43. The van der Waals surface area contributed by atoms with Gasteiger partial charge in [-0.25, -0.2) is 4.79 Å². The third-order valence-corrected chi connectivity index (χ3v) is 2.97. The summed E-state index contributed by atoms with van der Waals surface area (Å²) in [4.78, 5) is 22.0. The summed E-state index contributed by atoms with van der Waals surface area (Å²) in [7, 11) is 0. The van der Waals surface area contributed by atoms with Crippen molar-refractivity contribution in [1.82, 2.24) is 5.32 Å². The molecule has 4 N–H and O–H groups in total. The van der Waals surface area contributed by atoms with Gasteiger partial charge in [-0.1, -0.05) is 36.4 Å². The Balaban J connectivity index is 2.33. The number of aliphatic hydroxyl groups excluding tert-OH is 1. The molecule has 0 saturated carbocycles. The van der Waals surface area contributed by atoms with Crippen molar-refractivity contribution in [3.05, 3.63) is 42.0 Å². The molecule has 0 spiro atoms. The van der Waals surface area contributed by atoms with Gasteiger partial charge in [-0.05, 0) is 12.3 Å². The van der Waals surface area contributed by atoms with Crippen molar-refractivity contribution in [3.63, 3.8) is 0 Å². The highest BCUT2D eigenvalue weighted by Gasteiger charge is 2.14.